The number of piperidine rings is 1. The molecule has 0 radical (unpaired) electrons. The maximum Gasteiger partial charge on any atom is 0.235 e. The number of nitrogens with one attached hydrogen (secondary N) is 1. The number of hydrogen-bond acceptors (Lipinski definition) is 2. The molecule has 1 fully saturated rings. The van der Waals surface area contributed by atoms with E-state index in [2.05, 4.69) is 23.8 Å². The molecule has 0 bridgehead atoms. The third-order valence-electron chi connectivity index (χ3n) is 3.87. The van der Waals surface area contributed by atoms with E-state index in [-0.39, 0.29) is 11.3 Å². The number of rotatable bonds is 2. The molecule has 0 aromatic heterocycles. The highest BCUT2D eigenvalue weighted by molar-refractivity contribution is 5.93. The van der Waals surface area contributed by atoms with Gasteiger partial charge in [-0.25, -0.2) is 0 Å². The summed E-state index contributed by atoms with van der Waals surface area (Å²) in [6, 6.07) is 0. The summed E-state index contributed by atoms with van der Waals surface area (Å²) in [5.74, 6) is 0.147. The van der Waals surface area contributed by atoms with Gasteiger partial charge in [-0.05, 0) is 51.6 Å². The van der Waals surface area contributed by atoms with Crippen molar-refractivity contribution < 1.29 is 4.79 Å². The smallest absolute Gasteiger partial charge is 0.235 e. The highest BCUT2D eigenvalue weighted by Gasteiger charge is 2.47. The molecule has 0 aliphatic carbocycles. The fourth-order valence-electron chi connectivity index (χ4n) is 2.79. The van der Waals surface area contributed by atoms with Crippen molar-refractivity contribution in [3.63, 3.8) is 0 Å². The Kier molecular flexibility index (Phi) is 5.55. The van der Waals surface area contributed by atoms with Crippen molar-refractivity contribution >= 4 is 5.91 Å². The summed E-state index contributed by atoms with van der Waals surface area (Å²) in [6.45, 7) is 11.8. The second kappa shape index (κ2) is 6.71. The summed E-state index contributed by atoms with van der Waals surface area (Å²) in [7, 11) is 2.10. The fraction of sp³-hybridized carbons (Fsp3) is 0.562. The number of nitrogens with zero attached hydrogens (tertiary/aromatic N) is 1. The molecule has 2 aliphatic heterocycles. The molecule has 3 nitrogen and oxygen atoms in total. The summed E-state index contributed by atoms with van der Waals surface area (Å²) in [4.78, 5) is 14.5. The standard InChI is InChI=1S/C14H20N2O.C2H6/c1-4-6-12-11(5-2)14(13(17)15-12)7-9-16(3)10-8-14;1-2/h4-6H,2,7-10H2,1,3H3,(H,15,17);1-2H3/b6-4-;. The molecule has 0 aromatic rings. The van der Waals surface area contributed by atoms with Crippen LogP contribution in [-0.4, -0.2) is 30.9 Å². The second-order valence-corrected chi connectivity index (χ2v) is 4.87. The van der Waals surface area contributed by atoms with E-state index in [9.17, 15) is 4.79 Å². The van der Waals surface area contributed by atoms with E-state index in [0.717, 1.165) is 37.2 Å². The largest absolute Gasteiger partial charge is 0.325 e. The minimum absolute atomic E-state index is 0.147. The lowest BCUT2D eigenvalue weighted by Gasteiger charge is -2.36. The predicted octanol–water partition coefficient (Wildman–Crippen LogP) is 2.87. The van der Waals surface area contributed by atoms with E-state index >= 15 is 0 Å². The molecule has 2 aliphatic rings. The van der Waals surface area contributed by atoms with Crippen molar-refractivity contribution in [1.29, 1.82) is 0 Å². The lowest BCUT2D eigenvalue weighted by atomic mass is 9.73. The van der Waals surface area contributed by atoms with Crippen LogP contribution in [0.2, 0.25) is 0 Å². The van der Waals surface area contributed by atoms with Crippen LogP contribution in [-0.2, 0) is 4.79 Å². The van der Waals surface area contributed by atoms with Crippen LogP contribution < -0.4 is 5.32 Å². The molecule has 3 heteroatoms. The minimum Gasteiger partial charge on any atom is -0.325 e. The van der Waals surface area contributed by atoms with E-state index < -0.39 is 0 Å². The Morgan fingerprint density at radius 3 is 2.37 bits per heavy atom. The van der Waals surface area contributed by atoms with Crippen molar-refractivity contribution in [3.8, 4) is 0 Å². The van der Waals surface area contributed by atoms with Crippen molar-refractivity contribution in [2.75, 3.05) is 20.1 Å². The third-order valence-corrected chi connectivity index (χ3v) is 3.87. The fourth-order valence-corrected chi connectivity index (χ4v) is 2.79. The quantitative estimate of drug-likeness (QED) is 0.830. The Labute approximate surface area is 117 Å². The van der Waals surface area contributed by atoms with Crippen LogP contribution in [0, 0.1) is 5.41 Å². The first kappa shape index (κ1) is 15.7. The Morgan fingerprint density at radius 1 is 1.32 bits per heavy atom. The number of carbonyl (C=O) groups excluding carboxylic acids is 1. The van der Waals surface area contributed by atoms with Gasteiger partial charge in [0, 0.05) is 5.70 Å². The Morgan fingerprint density at radius 2 is 1.89 bits per heavy atom. The van der Waals surface area contributed by atoms with Crippen molar-refractivity contribution in [2.45, 2.75) is 33.6 Å². The van der Waals surface area contributed by atoms with Gasteiger partial charge in [-0.15, -0.1) is 0 Å². The average Bonchev–Trinajstić information content (AvgIpc) is 2.68. The molecule has 2 heterocycles. The molecule has 1 spiro atoms. The molecule has 19 heavy (non-hydrogen) atoms. The SMILES string of the molecule is C=CC1=C(/C=C\C)NC(=O)C12CCN(C)CC2.CC. The van der Waals surface area contributed by atoms with E-state index in [1.807, 2.05) is 39.0 Å². The average molecular weight is 262 g/mol. The molecule has 0 unspecified atom stereocenters. The first-order chi connectivity index (χ1) is 9.14. The molecule has 1 amide bonds. The van der Waals surface area contributed by atoms with Gasteiger partial charge < -0.3 is 10.2 Å². The molecule has 0 saturated carbocycles. The second-order valence-electron chi connectivity index (χ2n) is 4.87. The van der Waals surface area contributed by atoms with Gasteiger partial charge >= 0.3 is 0 Å². The monoisotopic (exact) mass is 262 g/mol. The van der Waals surface area contributed by atoms with Crippen LogP contribution in [0.15, 0.2) is 36.1 Å². The first-order valence-electron chi connectivity index (χ1n) is 7.14. The van der Waals surface area contributed by atoms with Crippen LogP contribution in [0.4, 0.5) is 0 Å². The van der Waals surface area contributed by atoms with E-state index in [4.69, 9.17) is 0 Å². The molecular formula is C16H26N2O. The maximum absolute atomic E-state index is 12.3. The zero-order valence-corrected chi connectivity index (χ0v) is 12.6. The number of carbonyl (C=O) groups is 1. The maximum atomic E-state index is 12.3. The van der Waals surface area contributed by atoms with Gasteiger partial charge in [0.2, 0.25) is 5.91 Å². The van der Waals surface area contributed by atoms with Crippen LogP contribution in [0.1, 0.15) is 33.6 Å². The van der Waals surface area contributed by atoms with Gasteiger partial charge in [-0.3, -0.25) is 4.79 Å². The van der Waals surface area contributed by atoms with Crippen molar-refractivity contribution in [3.05, 3.63) is 36.1 Å². The normalized spacial score (nSPS) is 22.4. The van der Waals surface area contributed by atoms with Crippen LogP contribution in [0.3, 0.4) is 0 Å². The van der Waals surface area contributed by atoms with Crippen molar-refractivity contribution in [2.24, 2.45) is 5.41 Å². The summed E-state index contributed by atoms with van der Waals surface area (Å²) >= 11 is 0. The molecule has 0 aromatic carbocycles. The van der Waals surface area contributed by atoms with Crippen LogP contribution in [0.5, 0.6) is 0 Å². The third kappa shape index (κ3) is 2.81. The van der Waals surface area contributed by atoms with Gasteiger partial charge in [0.05, 0.1) is 5.41 Å². The summed E-state index contributed by atoms with van der Waals surface area (Å²) in [6.07, 6.45) is 7.53. The van der Waals surface area contributed by atoms with E-state index in [1.54, 1.807) is 0 Å². The molecular weight excluding hydrogens is 236 g/mol. The summed E-state index contributed by atoms with van der Waals surface area (Å²) in [5.41, 5.74) is 1.68. The summed E-state index contributed by atoms with van der Waals surface area (Å²) < 4.78 is 0. The Balaban J connectivity index is 0.000000861. The Hall–Kier alpha value is -1.35. The summed E-state index contributed by atoms with van der Waals surface area (Å²) in [5, 5.41) is 3.00. The zero-order valence-electron chi connectivity index (χ0n) is 12.6. The van der Waals surface area contributed by atoms with E-state index in [0.29, 0.717) is 0 Å². The topological polar surface area (TPSA) is 32.3 Å². The molecule has 106 valence electrons. The van der Waals surface area contributed by atoms with E-state index in [1.165, 1.54) is 0 Å². The first-order valence-corrected chi connectivity index (χ1v) is 7.14. The van der Waals surface area contributed by atoms with Crippen molar-refractivity contribution in [1.82, 2.24) is 10.2 Å². The number of amides is 1. The Bertz CT molecular complexity index is 399. The van der Waals surface area contributed by atoms with Crippen LogP contribution >= 0.6 is 0 Å². The van der Waals surface area contributed by atoms with Gasteiger partial charge in [-0.2, -0.15) is 0 Å². The van der Waals surface area contributed by atoms with Gasteiger partial charge in [0.15, 0.2) is 0 Å². The van der Waals surface area contributed by atoms with Crippen LogP contribution in [0.25, 0.3) is 0 Å². The minimum atomic E-state index is -0.330. The predicted molar refractivity (Wildman–Crippen MR) is 80.7 cm³/mol. The highest BCUT2D eigenvalue weighted by atomic mass is 16.2. The number of allylic oxidation sites excluding steroid dienone is 3. The van der Waals surface area contributed by atoms with Gasteiger partial charge in [0.1, 0.15) is 0 Å². The number of hydrogen-bond donors (Lipinski definition) is 1. The molecule has 1 saturated heterocycles. The highest BCUT2D eigenvalue weighted by Crippen LogP contribution is 2.44. The lowest BCUT2D eigenvalue weighted by Crippen LogP contribution is -2.44. The lowest BCUT2D eigenvalue weighted by molar-refractivity contribution is -0.128. The van der Waals surface area contributed by atoms with Gasteiger partial charge in [0.25, 0.3) is 0 Å². The molecule has 1 N–H and O–H groups in total. The number of likely N-dealkylation sites (tertiary alicyclic amines) is 1. The molecule has 2 rings (SSSR count). The van der Waals surface area contributed by atoms with Gasteiger partial charge in [-0.1, -0.05) is 32.6 Å². The molecule has 0 atom stereocenters. The zero-order chi connectivity index (χ0) is 14.5.